The lowest BCUT2D eigenvalue weighted by Crippen LogP contribution is -2.65. The number of allylic oxidation sites excluding steroid dienone is 1. The Morgan fingerprint density at radius 1 is 0.530 bits per heavy atom. The van der Waals surface area contributed by atoms with Crippen LogP contribution in [0.25, 0.3) is 0 Å². The molecule has 12 atom stereocenters. The smallest absolute Gasteiger partial charge is 0.220 e. The number of hydrogen-bond donors (Lipinski definition) is 9. The van der Waals surface area contributed by atoms with Crippen molar-refractivity contribution in [3.8, 4) is 0 Å². The van der Waals surface area contributed by atoms with E-state index in [0.717, 1.165) is 38.5 Å². The van der Waals surface area contributed by atoms with Gasteiger partial charge in [-0.3, -0.25) is 4.79 Å². The number of hydrogen-bond acceptors (Lipinski definition) is 13. The summed E-state index contributed by atoms with van der Waals surface area (Å²) in [5, 5.41) is 86.8. The maximum absolute atomic E-state index is 13.2. The van der Waals surface area contributed by atoms with Crippen LogP contribution in [-0.4, -0.2) is 140 Å². The van der Waals surface area contributed by atoms with Gasteiger partial charge in [0.25, 0.3) is 0 Å². The Hall–Kier alpha value is -1.27. The minimum absolute atomic E-state index is 0.236. The van der Waals surface area contributed by atoms with Gasteiger partial charge >= 0.3 is 0 Å². The molecule has 66 heavy (non-hydrogen) atoms. The van der Waals surface area contributed by atoms with Crippen LogP contribution in [0, 0.1) is 0 Å². The van der Waals surface area contributed by atoms with Gasteiger partial charge in [-0.05, 0) is 19.3 Å². The summed E-state index contributed by atoms with van der Waals surface area (Å²) in [6.07, 6.45) is 25.3. The minimum Gasteiger partial charge on any atom is -0.394 e. The summed E-state index contributed by atoms with van der Waals surface area (Å²) in [5.41, 5.74) is 0. The van der Waals surface area contributed by atoms with Crippen molar-refractivity contribution in [2.45, 2.75) is 293 Å². The largest absolute Gasteiger partial charge is 0.394 e. The van der Waals surface area contributed by atoms with Crippen molar-refractivity contribution < 1.29 is 64.6 Å². The van der Waals surface area contributed by atoms with E-state index in [4.69, 9.17) is 18.9 Å². The van der Waals surface area contributed by atoms with Crippen molar-refractivity contribution in [3.05, 3.63) is 12.2 Å². The molecule has 4 unspecified atom stereocenters. The fraction of sp³-hybridized carbons (Fsp3) is 0.942. The molecule has 0 spiro atoms. The van der Waals surface area contributed by atoms with E-state index in [1.54, 1.807) is 6.08 Å². The van der Waals surface area contributed by atoms with Gasteiger partial charge in [0.05, 0.1) is 32.0 Å². The molecule has 0 aromatic heterocycles. The van der Waals surface area contributed by atoms with Crippen LogP contribution in [0.4, 0.5) is 0 Å². The standard InChI is InChI=1S/C52H99NO13/c1-3-5-7-9-11-13-15-17-19-20-21-22-24-26-28-30-32-34-36-44(57)53-40(41(56)35-33-31-29-27-25-23-18-16-14-12-10-8-6-4-2)39-63-51-49(62)47(60)50(43(38-55)65-51)66-52-48(61)46(59)45(58)42(37-54)64-52/h33,35,40-43,45-52,54-56,58-62H,3-32,34,36-39H2,1-2H3,(H,53,57)/b35-33+/t40-,41+,42+,43+,45-,46?,47?,48?,49?,50+,51+,52-/m0/s1. The van der Waals surface area contributed by atoms with E-state index >= 15 is 0 Å². The fourth-order valence-corrected chi connectivity index (χ4v) is 9.06. The van der Waals surface area contributed by atoms with E-state index in [-0.39, 0.29) is 18.9 Å². The van der Waals surface area contributed by atoms with Crippen molar-refractivity contribution >= 4 is 5.91 Å². The van der Waals surface area contributed by atoms with E-state index in [2.05, 4.69) is 19.2 Å². The molecule has 1 amide bonds. The van der Waals surface area contributed by atoms with Gasteiger partial charge in [-0.2, -0.15) is 0 Å². The minimum atomic E-state index is -1.78. The summed E-state index contributed by atoms with van der Waals surface area (Å²) < 4.78 is 22.7. The quantitative estimate of drug-likeness (QED) is 0.0213. The number of unbranched alkanes of at least 4 members (excludes halogenated alkanes) is 29. The molecule has 2 aliphatic rings. The van der Waals surface area contributed by atoms with Gasteiger partial charge in [-0.1, -0.05) is 206 Å². The number of carbonyl (C=O) groups is 1. The van der Waals surface area contributed by atoms with E-state index in [1.807, 2.05) is 6.08 Å². The van der Waals surface area contributed by atoms with Gasteiger partial charge < -0.3 is 65.1 Å². The topological polar surface area (TPSA) is 228 Å². The lowest BCUT2D eigenvalue weighted by Gasteiger charge is -2.46. The van der Waals surface area contributed by atoms with Crippen LogP contribution in [0.15, 0.2) is 12.2 Å². The van der Waals surface area contributed by atoms with Crippen LogP contribution in [-0.2, 0) is 23.7 Å². The highest BCUT2D eigenvalue weighted by Crippen LogP contribution is 2.30. The third-order valence-corrected chi connectivity index (χ3v) is 13.5. The molecule has 0 saturated carbocycles. The predicted molar refractivity (Wildman–Crippen MR) is 259 cm³/mol. The maximum Gasteiger partial charge on any atom is 0.220 e. The van der Waals surface area contributed by atoms with Crippen LogP contribution < -0.4 is 5.32 Å². The molecule has 390 valence electrons. The predicted octanol–water partition coefficient (Wildman–Crippen LogP) is 7.55. The normalized spacial score (nSPS) is 26.8. The Morgan fingerprint density at radius 3 is 1.39 bits per heavy atom. The molecule has 0 radical (unpaired) electrons. The molecule has 0 aromatic carbocycles. The van der Waals surface area contributed by atoms with Crippen molar-refractivity contribution in [2.75, 3.05) is 19.8 Å². The van der Waals surface area contributed by atoms with Gasteiger partial charge in [-0.25, -0.2) is 0 Å². The van der Waals surface area contributed by atoms with E-state index < -0.39 is 86.8 Å². The highest BCUT2D eigenvalue weighted by molar-refractivity contribution is 5.76. The lowest BCUT2D eigenvalue weighted by atomic mass is 9.97. The number of rotatable bonds is 42. The Labute approximate surface area is 399 Å². The first-order valence-electron chi connectivity index (χ1n) is 26.9. The van der Waals surface area contributed by atoms with Crippen molar-refractivity contribution in [2.24, 2.45) is 0 Å². The Balaban J connectivity index is 1.81. The Kier molecular flexibility index (Phi) is 36.4. The summed E-state index contributed by atoms with van der Waals surface area (Å²) in [6, 6.07) is -0.908. The van der Waals surface area contributed by atoms with Crippen LogP contribution in [0.5, 0.6) is 0 Å². The van der Waals surface area contributed by atoms with E-state index in [9.17, 15) is 45.6 Å². The van der Waals surface area contributed by atoms with Gasteiger partial charge in [0.2, 0.25) is 5.91 Å². The Bertz CT molecular complexity index is 1160. The SMILES string of the molecule is CCCCCCCCCCCCCC/C=C/[C@@H](O)[C@H](CO[C@@H]1O[C@H](CO)[C@@H](O[C@@H]2O[C@H](CO)[C@H](O)C(O)C2O)C(O)C1O)NC(=O)CCCCCCCCCCCCCCCCCCCC. The zero-order chi connectivity index (χ0) is 48.2. The average Bonchev–Trinajstić information content (AvgIpc) is 3.31. The molecule has 2 aliphatic heterocycles. The van der Waals surface area contributed by atoms with Gasteiger partial charge in [0.15, 0.2) is 12.6 Å². The number of ether oxygens (including phenoxy) is 4. The third-order valence-electron chi connectivity index (χ3n) is 13.5. The molecule has 2 rings (SSSR count). The molecule has 2 fully saturated rings. The van der Waals surface area contributed by atoms with Crippen LogP contribution >= 0.6 is 0 Å². The molecular formula is C52H99NO13. The van der Waals surface area contributed by atoms with Crippen molar-refractivity contribution in [1.82, 2.24) is 5.32 Å². The van der Waals surface area contributed by atoms with Gasteiger partial charge in [-0.15, -0.1) is 0 Å². The molecule has 14 nitrogen and oxygen atoms in total. The lowest BCUT2D eigenvalue weighted by molar-refractivity contribution is -0.359. The van der Waals surface area contributed by atoms with Crippen LogP contribution in [0.1, 0.15) is 219 Å². The summed E-state index contributed by atoms with van der Waals surface area (Å²) in [4.78, 5) is 13.2. The van der Waals surface area contributed by atoms with Crippen LogP contribution in [0.3, 0.4) is 0 Å². The molecular weight excluding hydrogens is 847 g/mol. The molecule has 0 aliphatic carbocycles. The summed E-state index contributed by atoms with van der Waals surface area (Å²) in [6.45, 7) is 2.80. The number of carbonyl (C=O) groups excluding carboxylic acids is 1. The second kappa shape index (κ2) is 39.5. The summed E-state index contributed by atoms with van der Waals surface area (Å²) >= 11 is 0. The van der Waals surface area contributed by atoms with Crippen molar-refractivity contribution in [1.29, 1.82) is 0 Å². The Morgan fingerprint density at radius 2 is 0.939 bits per heavy atom. The molecule has 9 N–H and O–H groups in total. The van der Waals surface area contributed by atoms with Crippen LogP contribution in [0.2, 0.25) is 0 Å². The van der Waals surface area contributed by atoms with Crippen molar-refractivity contribution in [3.63, 3.8) is 0 Å². The number of amides is 1. The second-order valence-electron chi connectivity index (χ2n) is 19.4. The number of nitrogens with one attached hydrogen (secondary N) is 1. The summed E-state index contributed by atoms with van der Waals surface area (Å²) in [7, 11) is 0. The zero-order valence-electron chi connectivity index (χ0n) is 41.5. The highest BCUT2D eigenvalue weighted by atomic mass is 16.7. The highest BCUT2D eigenvalue weighted by Gasteiger charge is 2.51. The number of aliphatic hydroxyl groups excluding tert-OH is 8. The molecule has 2 saturated heterocycles. The third kappa shape index (κ3) is 26.1. The molecule has 14 heteroatoms. The molecule has 2 heterocycles. The van der Waals surface area contributed by atoms with E-state index in [0.29, 0.717) is 6.42 Å². The van der Waals surface area contributed by atoms with Gasteiger partial charge in [0, 0.05) is 6.42 Å². The fourth-order valence-electron chi connectivity index (χ4n) is 9.06. The first kappa shape index (κ1) is 60.9. The first-order chi connectivity index (χ1) is 32.1. The first-order valence-corrected chi connectivity index (χ1v) is 26.9. The zero-order valence-corrected chi connectivity index (χ0v) is 41.5. The molecule has 0 bridgehead atoms. The summed E-state index contributed by atoms with van der Waals surface area (Å²) in [5.74, 6) is -0.236. The maximum atomic E-state index is 13.2. The number of aliphatic hydroxyl groups is 8. The molecule has 0 aromatic rings. The monoisotopic (exact) mass is 946 g/mol. The van der Waals surface area contributed by atoms with E-state index in [1.165, 1.54) is 154 Å². The second-order valence-corrected chi connectivity index (χ2v) is 19.4. The average molecular weight is 946 g/mol. The van der Waals surface area contributed by atoms with Gasteiger partial charge in [0.1, 0.15) is 48.8 Å².